The Kier molecular flexibility index (Phi) is 4.63. The number of rotatable bonds is 3. The Bertz CT molecular complexity index is 672. The maximum atomic E-state index is 12.5. The molecule has 0 radical (unpaired) electrons. The number of carbonyl (C=O) groups is 1. The van der Waals surface area contributed by atoms with E-state index in [4.69, 9.17) is 0 Å². The van der Waals surface area contributed by atoms with Gasteiger partial charge in [-0.1, -0.05) is 48.5 Å². The predicted molar refractivity (Wildman–Crippen MR) is 91.0 cm³/mol. The van der Waals surface area contributed by atoms with Crippen molar-refractivity contribution in [2.75, 3.05) is 11.9 Å². The normalized spacial score (nSPS) is 17.5. The topological polar surface area (TPSA) is 52.6 Å². The van der Waals surface area contributed by atoms with Crippen molar-refractivity contribution in [2.45, 2.75) is 32.0 Å². The van der Waals surface area contributed by atoms with E-state index in [9.17, 15) is 9.90 Å². The molecule has 2 atom stereocenters. The lowest BCUT2D eigenvalue weighted by Gasteiger charge is -2.34. The van der Waals surface area contributed by atoms with Crippen molar-refractivity contribution in [1.29, 1.82) is 0 Å². The van der Waals surface area contributed by atoms with Gasteiger partial charge in [0.2, 0.25) is 5.91 Å². The van der Waals surface area contributed by atoms with Gasteiger partial charge >= 0.3 is 0 Å². The average Bonchev–Trinajstić information content (AvgIpc) is 2.58. The maximum absolute atomic E-state index is 12.5. The standard InChI is InChI=1S/C19H22N2O2/c1-14(19(23)15-7-3-2-4-8-15)21-13-16-9-5-6-10-17(16)20-12-11-18(21)22/h2-10,14,19-20,23H,11-13H2,1H3/t14-,19+/m1/s1. The molecule has 0 fully saturated rings. The van der Waals surface area contributed by atoms with Crippen molar-refractivity contribution in [3.63, 3.8) is 0 Å². The Morgan fingerprint density at radius 3 is 2.57 bits per heavy atom. The van der Waals surface area contributed by atoms with E-state index in [1.54, 1.807) is 4.90 Å². The smallest absolute Gasteiger partial charge is 0.224 e. The van der Waals surface area contributed by atoms with Crippen LogP contribution in [-0.2, 0) is 11.3 Å². The molecule has 2 N–H and O–H groups in total. The van der Waals surface area contributed by atoms with E-state index in [2.05, 4.69) is 5.32 Å². The number of para-hydroxylation sites is 1. The third kappa shape index (κ3) is 3.37. The van der Waals surface area contributed by atoms with Gasteiger partial charge in [-0.25, -0.2) is 0 Å². The van der Waals surface area contributed by atoms with Crippen LogP contribution in [0, 0.1) is 0 Å². The van der Waals surface area contributed by atoms with E-state index < -0.39 is 6.10 Å². The number of nitrogens with zero attached hydrogens (tertiary/aromatic N) is 1. The van der Waals surface area contributed by atoms with Gasteiger partial charge in [0.1, 0.15) is 0 Å². The SMILES string of the molecule is C[C@H]([C@H](O)c1ccccc1)N1Cc2ccccc2NCCC1=O. The van der Waals surface area contributed by atoms with Crippen LogP contribution in [0.1, 0.15) is 30.6 Å². The maximum Gasteiger partial charge on any atom is 0.224 e. The van der Waals surface area contributed by atoms with Gasteiger partial charge in [-0.2, -0.15) is 0 Å². The predicted octanol–water partition coefficient (Wildman–Crippen LogP) is 2.95. The van der Waals surface area contributed by atoms with E-state index in [-0.39, 0.29) is 11.9 Å². The van der Waals surface area contributed by atoms with Gasteiger partial charge in [-0.3, -0.25) is 4.79 Å². The molecule has 0 saturated heterocycles. The van der Waals surface area contributed by atoms with Crippen LogP contribution >= 0.6 is 0 Å². The summed E-state index contributed by atoms with van der Waals surface area (Å²) in [6.07, 6.45) is -0.264. The van der Waals surface area contributed by atoms with Gasteiger partial charge in [0.05, 0.1) is 12.1 Å². The molecule has 0 bridgehead atoms. The Morgan fingerprint density at radius 2 is 1.78 bits per heavy atom. The molecular formula is C19H22N2O2. The number of benzene rings is 2. The molecule has 4 nitrogen and oxygen atoms in total. The highest BCUT2D eigenvalue weighted by molar-refractivity contribution is 5.78. The van der Waals surface area contributed by atoms with Crippen molar-refractivity contribution in [3.8, 4) is 0 Å². The molecule has 0 spiro atoms. The third-order valence-corrected chi connectivity index (χ3v) is 4.42. The van der Waals surface area contributed by atoms with E-state index in [0.717, 1.165) is 16.8 Å². The second kappa shape index (κ2) is 6.84. The zero-order valence-corrected chi connectivity index (χ0v) is 13.3. The van der Waals surface area contributed by atoms with Crippen molar-refractivity contribution in [3.05, 3.63) is 65.7 Å². The number of anilines is 1. The number of fused-ring (bicyclic) bond motifs is 1. The number of hydrogen-bond donors (Lipinski definition) is 2. The number of nitrogens with one attached hydrogen (secondary N) is 1. The molecular weight excluding hydrogens is 288 g/mol. The first-order chi connectivity index (χ1) is 11.2. The molecule has 2 aromatic rings. The van der Waals surface area contributed by atoms with E-state index in [0.29, 0.717) is 19.5 Å². The minimum atomic E-state index is -0.695. The first-order valence-electron chi connectivity index (χ1n) is 8.01. The lowest BCUT2D eigenvalue weighted by molar-refractivity contribution is -0.136. The fourth-order valence-corrected chi connectivity index (χ4v) is 3.02. The first-order valence-corrected chi connectivity index (χ1v) is 8.01. The minimum Gasteiger partial charge on any atom is -0.386 e. The van der Waals surface area contributed by atoms with Crippen LogP contribution in [0.2, 0.25) is 0 Å². The highest BCUT2D eigenvalue weighted by Gasteiger charge is 2.28. The molecule has 1 aliphatic heterocycles. The van der Waals surface area contributed by atoms with Crippen molar-refractivity contribution in [2.24, 2.45) is 0 Å². The summed E-state index contributed by atoms with van der Waals surface area (Å²) in [4.78, 5) is 14.3. The van der Waals surface area contributed by atoms with Crippen LogP contribution in [-0.4, -0.2) is 28.5 Å². The molecule has 0 unspecified atom stereocenters. The Balaban J connectivity index is 1.86. The third-order valence-electron chi connectivity index (χ3n) is 4.42. The van der Waals surface area contributed by atoms with Crippen molar-refractivity contribution < 1.29 is 9.90 Å². The average molecular weight is 310 g/mol. The highest BCUT2D eigenvalue weighted by Crippen LogP contribution is 2.26. The quantitative estimate of drug-likeness (QED) is 0.916. The first kappa shape index (κ1) is 15.6. The van der Waals surface area contributed by atoms with E-state index in [1.807, 2.05) is 61.5 Å². The van der Waals surface area contributed by atoms with Crippen molar-refractivity contribution in [1.82, 2.24) is 4.90 Å². The number of amides is 1. The molecule has 0 aromatic heterocycles. The highest BCUT2D eigenvalue weighted by atomic mass is 16.3. The summed E-state index contributed by atoms with van der Waals surface area (Å²) < 4.78 is 0. The van der Waals surface area contributed by atoms with Gasteiger partial charge in [-0.15, -0.1) is 0 Å². The van der Waals surface area contributed by atoms with Crippen LogP contribution in [0.4, 0.5) is 5.69 Å². The molecule has 3 rings (SSSR count). The van der Waals surface area contributed by atoms with Gasteiger partial charge in [0.25, 0.3) is 0 Å². The molecule has 23 heavy (non-hydrogen) atoms. The summed E-state index contributed by atoms with van der Waals surface area (Å²) in [5.41, 5.74) is 2.97. The number of hydrogen-bond acceptors (Lipinski definition) is 3. The molecule has 4 heteroatoms. The van der Waals surface area contributed by atoms with Crippen LogP contribution in [0.5, 0.6) is 0 Å². The van der Waals surface area contributed by atoms with E-state index >= 15 is 0 Å². The largest absolute Gasteiger partial charge is 0.386 e. The van der Waals surface area contributed by atoms with E-state index in [1.165, 1.54) is 0 Å². The molecule has 1 aliphatic rings. The summed E-state index contributed by atoms with van der Waals surface area (Å²) in [5, 5.41) is 14.0. The molecule has 0 saturated carbocycles. The Morgan fingerprint density at radius 1 is 1.09 bits per heavy atom. The van der Waals surface area contributed by atoms with Gasteiger partial charge < -0.3 is 15.3 Å². The van der Waals surface area contributed by atoms with Crippen molar-refractivity contribution >= 4 is 11.6 Å². The lowest BCUT2D eigenvalue weighted by Crippen LogP contribution is -2.43. The molecule has 1 heterocycles. The monoisotopic (exact) mass is 310 g/mol. The number of aliphatic hydroxyl groups excluding tert-OH is 1. The fourth-order valence-electron chi connectivity index (χ4n) is 3.02. The summed E-state index contributed by atoms with van der Waals surface area (Å²) >= 11 is 0. The van der Waals surface area contributed by atoms with Gasteiger partial charge in [-0.05, 0) is 24.1 Å². The fraction of sp³-hybridized carbons (Fsp3) is 0.316. The summed E-state index contributed by atoms with van der Waals surface area (Å²) in [6.45, 7) is 3.03. The number of carbonyl (C=O) groups excluding carboxylic acids is 1. The molecule has 2 aromatic carbocycles. The minimum absolute atomic E-state index is 0.0643. The molecule has 1 amide bonds. The van der Waals surface area contributed by atoms with Gasteiger partial charge in [0, 0.05) is 25.2 Å². The van der Waals surface area contributed by atoms with Gasteiger partial charge in [0.15, 0.2) is 0 Å². The van der Waals surface area contributed by atoms with Crippen LogP contribution in [0.25, 0.3) is 0 Å². The molecule has 120 valence electrons. The number of aliphatic hydroxyl groups is 1. The summed E-state index contributed by atoms with van der Waals surface area (Å²) in [5.74, 6) is 0.0643. The van der Waals surface area contributed by atoms with Crippen LogP contribution in [0.3, 0.4) is 0 Å². The second-order valence-electron chi connectivity index (χ2n) is 5.95. The Hall–Kier alpha value is -2.33. The molecule has 0 aliphatic carbocycles. The zero-order chi connectivity index (χ0) is 16.2. The second-order valence-corrected chi connectivity index (χ2v) is 5.95. The zero-order valence-electron chi connectivity index (χ0n) is 13.3. The lowest BCUT2D eigenvalue weighted by atomic mass is 10.0. The van der Waals surface area contributed by atoms with Crippen LogP contribution in [0.15, 0.2) is 54.6 Å². The van der Waals surface area contributed by atoms with Crippen LogP contribution < -0.4 is 5.32 Å². The summed E-state index contributed by atoms with van der Waals surface area (Å²) in [6, 6.07) is 17.2. The Labute approximate surface area is 136 Å². The summed E-state index contributed by atoms with van der Waals surface area (Å²) in [7, 11) is 0.